The Kier molecular flexibility index (Phi) is 11.2. The number of para-hydroxylation sites is 1. The minimum atomic E-state index is -4.46. The van der Waals surface area contributed by atoms with Gasteiger partial charge in [0.1, 0.15) is 35.1 Å². The zero-order valence-electron chi connectivity index (χ0n) is 33.0. The zero-order chi connectivity index (χ0) is 40.0. The van der Waals surface area contributed by atoms with E-state index in [0.29, 0.717) is 48.4 Å². The van der Waals surface area contributed by atoms with Gasteiger partial charge in [0.25, 0.3) is 5.91 Å². The third-order valence-electron chi connectivity index (χ3n) is 10.0. The molecule has 16 heteroatoms. The number of aryl methyl sites for hydroxylation is 1. The normalized spacial score (nSPS) is 24.0. The summed E-state index contributed by atoms with van der Waals surface area (Å²) >= 11 is 0. The molecule has 3 N–H and O–H groups in total. The van der Waals surface area contributed by atoms with Crippen LogP contribution in [0.15, 0.2) is 24.3 Å². The molecule has 15 nitrogen and oxygen atoms in total. The number of pyridine rings is 1. The molecule has 5 rings (SSSR count). The van der Waals surface area contributed by atoms with E-state index in [1.807, 2.05) is 43.7 Å². The minimum Gasteiger partial charge on any atom is -0.488 e. The van der Waals surface area contributed by atoms with Crippen LogP contribution in [0.4, 0.5) is 4.79 Å². The Bertz CT molecular complexity index is 1900. The van der Waals surface area contributed by atoms with E-state index < -0.39 is 74.5 Å². The molecule has 3 aliphatic rings. The molecule has 5 atom stereocenters. The van der Waals surface area contributed by atoms with Gasteiger partial charge in [0.15, 0.2) is 0 Å². The van der Waals surface area contributed by atoms with Crippen LogP contribution in [-0.2, 0) is 33.6 Å². The number of fused-ring (bicyclic) bond motifs is 1. The Morgan fingerprint density at radius 2 is 1.76 bits per heavy atom. The predicted molar refractivity (Wildman–Crippen MR) is 200 cm³/mol. The lowest BCUT2D eigenvalue weighted by atomic mass is 9.85. The lowest BCUT2D eigenvalue weighted by molar-refractivity contribution is -0.143. The molecule has 1 aromatic carbocycles. The zero-order valence-corrected chi connectivity index (χ0v) is 33.8. The van der Waals surface area contributed by atoms with E-state index in [4.69, 9.17) is 18.4 Å². The smallest absolute Gasteiger partial charge is 0.408 e. The van der Waals surface area contributed by atoms with Crippen LogP contribution in [0.3, 0.4) is 0 Å². The summed E-state index contributed by atoms with van der Waals surface area (Å²) in [5, 5.41) is 6.26. The first-order valence-corrected chi connectivity index (χ1v) is 20.0. The summed E-state index contributed by atoms with van der Waals surface area (Å²) in [4.78, 5) is 61.6. The van der Waals surface area contributed by atoms with Gasteiger partial charge in [0.05, 0.1) is 24.3 Å². The fraction of sp³-hybridized carbons (Fsp3) is 0.658. The third-order valence-corrected chi connectivity index (χ3v) is 11.1. The average molecular weight is 774 g/mol. The van der Waals surface area contributed by atoms with Crippen LogP contribution in [0.5, 0.6) is 11.6 Å². The summed E-state index contributed by atoms with van der Waals surface area (Å²) in [5.41, 5.74) is -2.48. The lowest BCUT2D eigenvalue weighted by Gasteiger charge is -2.36. The molecule has 1 aliphatic heterocycles. The van der Waals surface area contributed by atoms with E-state index in [1.165, 1.54) is 4.90 Å². The van der Waals surface area contributed by atoms with Crippen molar-refractivity contribution in [1.29, 1.82) is 0 Å². The quantitative estimate of drug-likeness (QED) is 0.261. The highest BCUT2D eigenvalue weighted by Gasteiger charge is 2.62. The highest BCUT2D eigenvalue weighted by Crippen LogP contribution is 2.47. The summed E-state index contributed by atoms with van der Waals surface area (Å²) in [5.74, 6) is -1.68. The van der Waals surface area contributed by atoms with E-state index in [9.17, 15) is 27.6 Å². The van der Waals surface area contributed by atoms with E-state index >= 15 is 0 Å². The monoisotopic (exact) mass is 773 g/mol. The van der Waals surface area contributed by atoms with Crippen LogP contribution in [-0.4, -0.2) is 90.2 Å². The number of benzene rings is 1. The van der Waals surface area contributed by atoms with Crippen molar-refractivity contribution in [3.63, 3.8) is 0 Å². The molecule has 0 unspecified atom stereocenters. The highest BCUT2D eigenvalue weighted by atomic mass is 32.2. The number of amides is 4. The van der Waals surface area contributed by atoms with Gasteiger partial charge in [-0.1, -0.05) is 46.2 Å². The molecule has 298 valence electrons. The Balaban J connectivity index is 1.47. The minimum absolute atomic E-state index is 0.0225. The third kappa shape index (κ3) is 9.36. The average Bonchev–Trinajstić information content (AvgIpc) is 3.91. The summed E-state index contributed by atoms with van der Waals surface area (Å²) in [6.45, 7) is 18.1. The van der Waals surface area contributed by atoms with Gasteiger partial charge in [0, 0.05) is 17.9 Å². The molecule has 0 radical (unpaired) electrons. The van der Waals surface area contributed by atoms with Crippen LogP contribution in [0, 0.1) is 18.3 Å². The van der Waals surface area contributed by atoms with Gasteiger partial charge in [-0.15, -0.1) is 0 Å². The number of carbonyl (C=O) groups is 4. The number of rotatable bonds is 13. The van der Waals surface area contributed by atoms with Gasteiger partial charge in [-0.05, 0) is 83.8 Å². The fourth-order valence-corrected chi connectivity index (χ4v) is 7.96. The molecule has 4 amide bonds. The van der Waals surface area contributed by atoms with E-state index in [0.717, 1.165) is 5.56 Å². The van der Waals surface area contributed by atoms with Gasteiger partial charge in [-0.3, -0.25) is 14.4 Å². The van der Waals surface area contributed by atoms with E-state index in [-0.39, 0.29) is 25.3 Å². The number of hydrogen-bond donors (Lipinski definition) is 3. The molecule has 0 bridgehead atoms. The van der Waals surface area contributed by atoms with Crippen LogP contribution < -0.4 is 24.8 Å². The molecule has 54 heavy (non-hydrogen) atoms. The predicted octanol–water partition coefficient (Wildman–Crippen LogP) is 4.44. The standard InChI is InChI=1S/C38H55N5O10S/c1-11-23-20-38(23,33(46)42-54(48,49)53-37(10)16-17-37)41-31(44)26-18-24(51-27-19-28(50-12-2)39-29-22(3)14-13-15-25(27)29)21-43(26)32(45)30(35(4,5)6)40-34(47)52-36(7,8)9/h13-15,19,23-24,26,30H,11-12,16-18,20-21H2,1-10H3,(H,40,47)(H,41,44)(H,42,46)/t23-,24-,26+,30-,38-/m1/s1. The number of aromatic nitrogens is 1. The maximum Gasteiger partial charge on any atom is 0.408 e. The van der Waals surface area contributed by atoms with Gasteiger partial charge in [-0.25, -0.2) is 18.7 Å². The summed E-state index contributed by atoms with van der Waals surface area (Å²) in [6.07, 6.45) is 0.262. The summed E-state index contributed by atoms with van der Waals surface area (Å²) in [7, 11) is -4.46. The lowest BCUT2D eigenvalue weighted by Crippen LogP contribution is -2.60. The highest BCUT2D eigenvalue weighted by molar-refractivity contribution is 7.85. The number of nitrogens with one attached hydrogen (secondary N) is 3. The second kappa shape index (κ2) is 14.8. The van der Waals surface area contributed by atoms with Crippen molar-refractivity contribution in [3.8, 4) is 11.6 Å². The number of likely N-dealkylation sites (tertiary alicyclic amines) is 1. The van der Waals surface area contributed by atoms with Crippen molar-refractivity contribution < 1.29 is 46.0 Å². The van der Waals surface area contributed by atoms with Gasteiger partial charge < -0.3 is 29.7 Å². The SMILES string of the molecule is CCOc1cc(O[C@@H]2C[C@@H](C(=O)N[C@]3(C(=O)NS(=O)(=O)OC4(C)CC4)C[C@H]3CC)N(C(=O)[C@@H](NC(=O)OC(C)(C)C)C(C)(C)C)C2)c2cccc(C)c2n1. The van der Waals surface area contributed by atoms with E-state index in [2.05, 4.69) is 15.6 Å². The van der Waals surface area contributed by atoms with Crippen LogP contribution in [0.25, 0.3) is 10.9 Å². The number of hydrogen-bond acceptors (Lipinski definition) is 11. The van der Waals surface area contributed by atoms with Crippen molar-refractivity contribution in [2.75, 3.05) is 13.2 Å². The number of carbonyl (C=O) groups excluding carboxylic acids is 4. The first kappa shape index (κ1) is 41.0. The van der Waals surface area contributed by atoms with Crippen molar-refractivity contribution in [2.24, 2.45) is 11.3 Å². The number of alkyl carbamates (subject to hydrolysis) is 1. The largest absolute Gasteiger partial charge is 0.488 e. The maximum absolute atomic E-state index is 14.6. The van der Waals surface area contributed by atoms with Crippen LogP contribution >= 0.6 is 0 Å². The van der Waals surface area contributed by atoms with Crippen LogP contribution in [0.1, 0.15) is 100.0 Å². The molecule has 1 aromatic heterocycles. The molecule has 2 aliphatic carbocycles. The maximum atomic E-state index is 14.6. The van der Waals surface area contributed by atoms with Crippen molar-refractivity contribution in [2.45, 2.75) is 136 Å². The topological polar surface area (TPSA) is 192 Å². The van der Waals surface area contributed by atoms with Gasteiger partial charge in [-0.2, -0.15) is 8.42 Å². The number of ether oxygens (including phenoxy) is 3. The Morgan fingerprint density at radius 1 is 1.07 bits per heavy atom. The van der Waals surface area contributed by atoms with Crippen LogP contribution in [0.2, 0.25) is 0 Å². The second-order valence-corrected chi connectivity index (χ2v) is 18.3. The first-order chi connectivity index (χ1) is 25.0. The van der Waals surface area contributed by atoms with Crippen molar-refractivity contribution >= 4 is 45.0 Å². The number of nitrogens with zero attached hydrogens (tertiary/aromatic N) is 2. The Hall–Kier alpha value is -4.18. The summed E-state index contributed by atoms with van der Waals surface area (Å²) < 4.78 is 50.6. The second-order valence-electron chi connectivity index (χ2n) is 17.0. The fourth-order valence-electron chi connectivity index (χ4n) is 6.82. The molecule has 2 heterocycles. The van der Waals surface area contributed by atoms with E-state index in [1.54, 1.807) is 54.5 Å². The molecule has 1 saturated heterocycles. The summed E-state index contributed by atoms with van der Waals surface area (Å²) in [6, 6.07) is 5.06. The van der Waals surface area contributed by atoms with Crippen molar-refractivity contribution in [1.82, 2.24) is 25.2 Å². The molecular formula is C38H55N5O10S. The first-order valence-electron chi connectivity index (χ1n) is 18.6. The molecular weight excluding hydrogens is 719 g/mol. The molecule has 2 saturated carbocycles. The van der Waals surface area contributed by atoms with Gasteiger partial charge in [0.2, 0.25) is 17.7 Å². The van der Waals surface area contributed by atoms with Gasteiger partial charge >= 0.3 is 16.4 Å². The molecule has 2 aromatic rings. The Labute approximate surface area is 317 Å². The molecule has 0 spiro atoms. The molecule has 3 fully saturated rings. The van der Waals surface area contributed by atoms with Crippen molar-refractivity contribution in [3.05, 3.63) is 29.8 Å². The Morgan fingerprint density at radius 3 is 2.33 bits per heavy atom.